The average Bonchev–Trinajstić information content (AvgIpc) is 2.26. The molecule has 0 spiro atoms. The van der Waals surface area contributed by atoms with Crippen LogP contribution < -0.4 is 0 Å². The molecule has 4 nitrogen and oxygen atoms in total. The minimum Gasteiger partial charge on any atom is -0.198 e. The minimum atomic E-state index is -0.695. The van der Waals surface area contributed by atoms with Gasteiger partial charge in [0.2, 0.25) is 0 Å². The lowest BCUT2D eigenvalue weighted by molar-refractivity contribution is 0.379. The van der Waals surface area contributed by atoms with Crippen LogP contribution in [-0.2, 0) is 0 Å². The summed E-state index contributed by atoms with van der Waals surface area (Å²) < 4.78 is 0. The predicted molar refractivity (Wildman–Crippen MR) is 45.6 cm³/mol. The molecule has 0 aromatic carbocycles. The third-order valence-electron chi connectivity index (χ3n) is 2.28. The minimum absolute atomic E-state index is 0.575. The topological polar surface area (TPSA) is 95.2 Å². The Kier molecular flexibility index (Phi) is 2.85. The van der Waals surface area contributed by atoms with Crippen LogP contribution in [0.5, 0.6) is 0 Å². The second kappa shape index (κ2) is 4.08. The first kappa shape index (κ1) is 9.79. The molecule has 1 aliphatic rings. The monoisotopic (exact) mass is 182 g/mol. The van der Waals surface area contributed by atoms with E-state index in [4.69, 9.17) is 21.0 Å². The van der Waals surface area contributed by atoms with Crippen molar-refractivity contribution in [3.05, 3.63) is 12.2 Å². The molecular weight excluding hydrogens is 176 g/mol. The van der Waals surface area contributed by atoms with Gasteiger partial charge in [-0.15, -0.1) is 0 Å². The maximum atomic E-state index is 8.81. The van der Waals surface area contributed by atoms with E-state index in [9.17, 15) is 0 Å². The van der Waals surface area contributed by atoms with E-state index < -0.39 is 23.7 Å². The highest BCUT2D eigenvalue weighted by Crippen LogP contribution is 2.32. The van der Waals surface area contributed by atoms with Gasteiger partial charge in [0.25, 0.3) is 0 Å². The Morgan fingerprint density at radius 1 is 0.643 bits per heavy atom. The molecule has 0 saturated carbocycles. The molecule has 4 atom stereocenters. The Labute approximate surface area is 81.9 Å². The van der Waals surface area contributed by atoms with Crippen LogP contribution in [-0.4, -0.2) is 0 Å². The first-order valence-corrected chi connectivity index (χ1v) is 4.05. The fourth-order valence-corrected chi connectivity index (χ4v) is 1.49. The van der Waals surface area contributed by atoms with E-state index in [2.05, 4.69) is 0 Å². The molecule has 0 aromatic rings. The van der Waals surface area contributed by atoms with Gasteiger partial charge in [0.15, 0.2) is 0 Å². The number of rotatable bonds is 0. The molecule has 0 fully saturated rings. The lowest BCUT2D eigenvalue weighted by Gasteiger charge is -2.24. The van der Waals surface area contributed by atoms with E-state index in [1.807, 2.05) is 24.3 Å². The van der Waals surface area contributed by atoms with Crippen LogP contribution in [0, 0.1) is 69.0 Å². The Bertz CT molecular complexity index is 369. The predicted octanol–water partition coefficient (Wildman–Crippen LogP) is 1.12. The summed E-state index contributed by atoms with van der Waals surface area (Å²) in [7, 11) is 0. The van der Waals surface area contributed by atoms with Crippen LogP contribution in [0.3, 0.4) is 0 Å². The second-order valence-corrected chi connectivity index (χ2v) is 3.00. The van der Waals surface area contributed by atoms with Crippen molar-refractivity contribution in [1.29, 1.82) is 21.0 Å². The van der Waals surface area contributed by atoms with Crippen molar-refractivity contribution in [3.63, 3.8) is 0 Å². The number of hydrogen-bond acceptors (Lipinski definition) is 4. The van der Waals surface area contributed by atoms with Gasteiger partial charge in [-0.25, -0.2) is 0 Å². The third kappa shape index (κ3) is 1.42. The standard InChI is InChI=1S/C10H6N4/c11-3-7-1-2-8(4-12)10(6-14)9(7)5-13/h1-2,7-10H. The van der Waals surface area contributed by atoms with Crippen LogP contribution in [0.4, 0.5) is 0 Å². The molecule has 1 aliphatic carbocycles. The van der Waals surface area contributed by atoms with E-state index in [-0.39, 0.29) is 0 Å². The molecule has 0 aliphatic heterocycles. The summed E-state index contributed by atoms with van der Waals surface area (Å²) in [6, 6.07) is 7.73. The molecule has 0 bridgehead atoms. The van der Waals surface area contributed by atoms with Crippen molar-refractivity contribution >= 4 is 0 Å². The van der Waals surface area contributed by atoms with Gasteiger partial charge in [0, 0.05) is 0 Å². The summed E-state index contributed by atoms with van der Waals surface area (Å²) in [5, 5.41) is 35.1. The Morgan fingerprint density at radius 3 is 1.21 bits per heavy atom. The second-order valence-electron chi connectivity index (χ2n) is 3.00. The lowest BCUT2D eigenvalue weighted by atomic mass is 9.73. The quantitative estimate of drug-likeness (QED) is 0.524. The third-order valence-corrected chi connectivity index (χ3v) is 2.28. The number of nitrogens with zero attached hydrogens (tertiary/aromatic N) is 4. The van der Waals surface area contributed by atoms with Crippen LogP contribution in [0.2, 0.25) is 0 Å². The van der Waals surface area contributed by atoms with Gasteiger partial charge in [-0.05, 0) is 0 Å². The van der Waals surface area contributed by atoms with Crippen LogP contribution in [0.15, 0.2) is 12.2 Å². The Morgan fingerprint density at radius 2 is 1.00 bits per heavy atom. The van der Waals surface area contributed by atoms with Gasteiger partial charge in [-0.1, -0.05) is 12.2 Å². The summed E-state index contributed by atoms with van der Waals surface area (Å²) in [6.45, 7) is 0. The molecule has 0 N–H and O–H groups in total. The zero-order valence-electron chi connectivity index (χ0n) is 7.25. The van der Waals surface area contributed by atoms with Gasteiger partial charge in [-0.3, -0.25) is 0 Å². The molecule has 4 unspecified atom stereocenters. The number of hydrogen-bond donors (Lipinski definition) is 0. The SMILES string of the molecule is N#CC1C=CC(C#N)C(C#N)C1C#N. The van der Waals surface area contributed by atoms with Gasteiger partial charge in [0.1, 0.15) is 0 Å². The molecule has 1 rings (SSSR count). The van der Waals surface area contributed by atoms with Crippen molar-refractivity contribution < 1.29 is 0 Å². The van der Waals surface area contributed by atoms with E-state index in [1.54, 1.807) is 0 Å². The van der Waals surface area contributed by atoms with Gasteiger partial charge in [-0.2, -0.15) is 21.0 Å². The zero-order valence-corrected chi connectivity index (χ0v) is 7.25. The number of allylic oxidation sites excluding steroid dienone is 2. The lowest BCUT2D eigenvalue weighted by Crippen LogP contribution is -2.28. The van der Waals surface area contributed by atoms with Crippen molar-refractivity contribution in [2.45, 2.75) is 0 Å². The first-order valence-electron chi connectivity index (χ1n) is 4.05. The summed E-state index contributed by atoms with van der Waals surface area (Å²) in [5.74, 6) is -2.54. The maximum absolute atomic E-state index is 8.81. The van der Waals surface area contributed by atoms with Crippen molar-refractivity contribution in [3.8, 4) is 24.3 Å². The molecule has 0 radical (unpaired) electrons. The van der Waals surface area contributed by atoms with E-state index in [0.717, 1.165) is 0 Å². The molecular formula is C10H6N4. The maximum Gasteiger partial charge on any atom is 0.0830 e. The molecule has 4 heteroatoms. The normalized spacial score (nSPS) is 34.6. The smallest absolute Gasteiger partial charge is 0.0830 e. The van der Waals surface area contributed by atoms with Crippen LogP contribution >= 0.6 is 0 Å². The van der Waals surface area contributed by atoms with Gasteiger partial charge < -0.3 is 0 Å². The van der Waals surface area contributed by atoms with E-state index in [0.29, 0.717) is 0 Å². The van der Waals surface area contributed by atoms with E-state index in [1.165, 1.54) is 12.2 Å². The summed E-state index contributed by atoms with van der Waals surface area (Å²) >= 11 is 0. The van der Waals surface area contributed by atoms with Crippen molar-refractivity contribution in [2.24, 2.45) is 23.7 Å². The summed E-state index contributed by atoms with van der Waals surface area (Å²) in [5.41, 5.74) is 0. The molecule has 0 aromatic heterocycles. The largest absolute Gasteiger partial charge is 0.198 e. The van der Waals surface area contributed by atoms with Gasteiger partial charge >= 0.3 is 0 Å². The highest BCUT2D eigenvalue weighted by molar-refractivity contribution is 5.24. The molecule has 0 amide bonds. The Balaban J connectivity index is 3.09. The van der Waals surface area contributed by atoms with Crippen LogP contribution in [0.25, 0.3) is 0 Å². The molecule has 0 heterocycles. The van der Waals surface area contributed by atoms with Crippen LogP contribution in [0.1, 0.15) is 0 Å². The van der Waals surface area contributed by atoms with E-state index >= 15 is 0 Å². The number of nitriles is 4. The van der Waals surface area contributed by atoms with Crippen molar-refractivity contribution in [2.75, 3.05) is 0 Å². The highest BCUT2D eigenvalue weighted by atomic mass is 14.4. The molecule has 66 valence electrons. The molecule has 14 heavy (non-hydrogen) atoms. The average molecular weight is 182 g/mol. The highest BCUT2D eigenvalue weighted by Gasteiger charge is 2.36. The van der Waals surface area contributed by atoms with Crippen molar-refractivity contribution in [1.82, 2.24) is 0 Å². The fourth-order valence-electron chi connectivity index (χ4n) is 1.49. The molecule has 0 saturated heterocycles. The Hall–Kier alpha value is -2.30. The van der Waals surface area contributed by atoms with Gasteiger partial charge in [0.05, 0.1) is 47.9 Å². The first-order chi connectivity index (χ1) is 6.78. The fraction of sp³-hybridized carbons (Fsp3) is 0.400. The summed E-state index contributed by atoms with van der Waals surface area (Å²) in [6.07, 6.45) is 3.07. The summed E-state index contributed by atoms with van der Waals surface area (Å²) in [4.78, 5) is 0. The zero-order chi connectivity index (χ0) is 10.6.